The molecule has 2 heterocycles. The number of ether oxygens (including phenoxy) is 1. The normalized spacial score (nSPS) is 31.5. The highest BCUT2D eigenvalue weighted by molar-refractivity contribution is 6.31. The number of aromatic nitrogens is 1. The Morgan fingerprint density at radius 1 is 1.09 bits per heavy atom. The lowest BCUT2D eigenvalue weighted by molar-refractivity contribution is -0.124. The Morgan fingerprint density at radius 3 is 2.38 bits per heavy atom. The van der Waals surface area contributed by atoms with E-state index in [0.29, 0.717) is 34.0 Å². The number of imide groups is 1. The number of amides is 2. The molecule has 4 aliphatic carbocycles. The van der Waals surface area contributed by atoms with E-state index in [2.05, 4.69) is 17.1 Å². The number of Topliss-reactive ketones (excluding diaryl/α,β-unsaturated/α-hetero) is 1. The maximum atomic E-state index is 13.2. The van der Waals surface area contributed by atoms with Gasteiger partial charge in [0.1, 0.15) is 11.6 Å². The summed E-state index contributed by atoms with van der Waals surface area (Å²) in [6.45, 7) is 1.69. The zero-order valence-electron chi connectivity index (χ0n) is 17.4. The van der Waals surface area contributed by atoms with Gasteiger partial charge in [-0.2, -0.15) is 0 Å². The Balaban J connectivity index is 1.15. The number of hydrogen-bond acceptors (Lipinski definition) is 5. The quantitative estimate of drug-likeness (QED) is 0.394. The van der Waals surface area contributed by atoms with Crippen LogP contribution in [-0.2, 0) is 9.59 Å². The zero-order valence-corrected chi connectivity index (χ0v) is 18.2. The summed E-state index contributed by atoms with van der Waals surface area (Å²) < 4.78 is 5.58. The molecule has 3 fully saturated rings. The summed E-state index contributed by atoms with van der Waals surface area (Å²) in [5, 5.41) is 0.605. The number of hydrogen-bond donors (Lipinski definition) is 0. The van der Waals surface area contributed by atoms with Gasteiger partial charge >= 0.3 is 0 Å². The molecular formula is C25H21ClN2O4. The lowest BCUT2D eigenvalue weighted by atomic mass is 9.63. The summed E-state index contributed by atoms with van der Waals surface area (Å²) in [5.41, 5.74) is 1.35. The van der Waals surface area contributed by atoms with E-state index in [1.165, 1.54) is 11.1 Å². The largest absolute Gasteiger partial charge is 0.484 e. The van der Waals surface area contributed by atoms with E-state index in [1.807, 2.05) is 6.92 Å². The molecule has 5 aliphatic rings. The highest BCUT2D eigenvalue weighted by atomic mass is 35.5. The van der Waals surface area contributed by atoms with Crippen molar-refractivity contribution in [3.05, 3.63) is 64.8 Å². The number of carbonyl (C=O) groups excluding carboxylic acids is 3. The monoisotopic (exact) mass is 448 g/mol. The van der Waals surface area contributed by atoms with Gasteiger partial charge in [-0.3, -0.25) is 14.4 Å². The predicted molar refractivity (Wildman–Crippen MR) is 117 cm³/mol. The molecule has 1 aromatic heterocycles. The maximum Gasteiger partial charge on any atom is 0.239 e. The molecule has 7 heteroatoms. The van der Waals surface area contributed by atoms with Crippen molar-refractivity contribution in [2.45, 2.75) is 13.3 Å². The number of rotatable bonds is 5. The molecule has 7 rings (SSSR count). The number of anilines is 1. The Morgan fingerprint density at radius 2 is 1.78 bits per heavy atom. The fourth-order valence-electron chi connectivity index (χ4n) is 5.82. The van der Waals surface area contributed by atoms with Crippen LogP contribution in [0.2, 0.25) is 5.02 Å². The number of allylic oxidation sites excluding steroid dienone is 2. The van der Waals surface area contributed by atoms with Crippen LogP contribution in [0.5, 0.6) is 5.75 Å². The molecule has 2 saturated carbocycles. The van der Waals surface area contributed by atoms with Crippen LogP contribution in [-0.4, -0.2) is 29.2 Å². The molecule has 2 amide bonds. The van der Waals surface area contributed by atoms with Crippen LogP contribution in [0.15, 0.2) is 48.7 Å². The third-order valence-corrected chi connectivity index (χ3v) is 7.89. The standard InChI is InChI=1S/C25H21ClN2O4/c1-12-8-13(2-6-19(12)26)20(29)11-32-14-3-7-21(27-10-14)28-24(30)22-15-4-5-16(18-9-17(15)18)23(22)25(28)31/h2-8,10,15-18,22-23H,9,11H2,1H3/t15-,16+,17+,18-,22-,23+. The summed E-state index contributed by atoms with van der Waals surface area (Å²) >= 11 is 6.01. The second-order valence-corrected chi connectivity index (χ2v) is 9.60. The van der Waals surface area contributed by atoms with E-state index in [0.717, 1.165) is 12.0 Å². The third-order valence-electron chi connectivity index (χ3n) is 7.46. The Hall–Kier alpha value is -2.99. The lowest BCUT2D eigenvalue weighted by Gasteiger charge is -2.37. The minimum atomic E-state index is -0.251. The molecule has 0 radical (unpaired) electrons. The molecule has 1 aliphatic heterocycles. The molecule has 6 atom stereocenters. The molecule has 6 nitrogen and oxygen atoms in total. The molecule has 2 bridgehead atoms. The lowest BCUT2D eigenvalue weighted by Crippen LogP contribution is -2.40. The van der Waals surface area contributed by atoms with Crippen LogP contribution in [0.3, 0.4) is 0 Å². The van der Waals surface area contributed by atoms with Crippen molar-refractivity contribution in [3.8, 4) is 5.75 Å². The SMILES string of the molecule is Cc1cc(C(=O)COc2ccc(N3C(=O)[C@@H]4[C@@H]5C=C[C@@H]([C@H]6C[C@@H]56)[C@@H]4C3=O)nc2)ccc1Cl. The van der Waals surface area contributed by atoms with Crippen LogP contribution >= 0.6 is 11.6 Å². The summed E-state index contributed by atoms with van der Waals surface area (Å²) in [4.78, 5) is 44.3. The molecule has 2 aromatic rings. The Bertz CT molecular complexity index is 1150. The van der Waals surface area contributed by atoms with Crippen LogP contribution in [0.25, 0.3) is 0 Å². The number of aryl methyl sites for hydroxylation is 1. The molecule has 0 N–H and O–H groups in total. The van der Waals surface area contributed by atoms with Gasteiger partial charge < -0.3 is 4.74 Å². The number of ketones is 1. The van der Waals surface area contributed by atoms with Crippen LogP contribution in [0.4, 0.5) is 5.82 Å². The van der Waals surface area contributed by atoms with E-state index in [-0.39, 0.29) is 47.9 Å². The van der Waals surface area contributed by atoms with Crippen molar-refractivity contribution in [3.63, 3.8) is 0 Å². The number of benzene rings is 1. The van der Waals surface area contributed by atoms with Crippen LogP contribution in [0.1, 0.15) is 22.3 Å². The predicted octanol–water partition coefficient (Wildman–Crippen LogP) is 3.86. The molecule has 162 valence electrons. The van der Waals surface area contributed by atoms with Crippen molar-refractivity contribution in [2.75, 3.05) is 11.5 Å². The first-order chi connectivity index (χ1) is 15.4. The topological polar surface area (TPSA) is 76.6 Å². The first-order valence-corrected chi connectivity index (χ1v) is 11.3. The van der Waals surface area contributed by atoms with Gasteiger partial charge in [0.05, 0.1) is 18.0 Å². The van der Waals surface area contributed by atoms with Gasteiger partial charge in [-0.25, -0.2) is 9.88 Å². The van der Waals surface area contributed by atoms with Crippen LogP contribution < -0.4 is 9.64 Å². The first-order valence-electron chi connectivity index (χ1n) is 10.9. The van der Waals surface area contributed by atoms with E-state index in [9.17, 15) is 14.4 Å². The second-order valence-electron chi connectivity index (χ2n) is 9.19. The molecule has 32 heavy (non-hydrogen) atoms. The van der Waals surface area contributed by atoms with Crippen molar-refractivity contribution >= 4 is 35.0 Å². The number of pyridine rings is 1. The zero-order chi connectivity index (χ0) is 22.1. The smallest absolute Gasteiger partial charge is 0.239 e. The average molecular weight is 449 g/mol. The van der Waals surface area contributed by atoms with Gasteiger partial charge in [0.25, 0.3) is 0 Å². The first kappa shape index (κ1) is 19.7. The van der Waals surface area contributed by atoms with Gasteiger partial charge in [-0.15, -0.1) is 0 Å². The summed E-state index contributed by atoms with van der Waals surface area (Å²) in [6, 6.07) is 8.32. The van der Waals surface area contributed by atoms with Crippen molar-refractivity contribution in [1.29, 1.82) is 0 Å². The van der Waals surface area contributed by atoms with E-state index < -0.39 is 0 Å². The van der Waals surface area contributed by atoms with Crippen molar-refractivity contribution in [2.24, 2.45) is 35.5 Å². The number of nitrogens with zero attached hydrogens (tertiary/aromatic N) is 2. The Kier molecular flexibility index (Phi) is 4.31. The number of carbonyl (C=O) groups is 3. The molecule has 0 unspecified atom stereocenters. The molecular weight excluding hydrogens is 428 g/mol. The fourth-order valence-corrected chi connectivity index (χ4v) is 5.94. The van der Waals surface area contributed by atoms with Gasteiger partial charge in [0, 0.05) is 10.6 Å². The molecule has 1 aromatic carbocycles. The van der Waals surface area contributed by atoms with Crippen molar-refractivity contribution < 1.29 is 19.1 Å². The Labute approximate surface area is 190 Å². The minimum absolute atomic E-state index is 0.140. The highest BCUT2D eigenvalue weighted by Crippen LogP contribution is 2.65. The minimum Gasteiger partial charge on any atom is -0.484 e. The number of halogens is 1. The van der Waals surface area contributed by atoms with E-state index in [4.69, 9.17) is 16.3 Å². The van der Waals surface area contributed by atoms with Gasteiger partial charge in [0.15, 0.2) is 12.4 Å². The maximum absolute atomic E-state index is 13.2. The third kappa shape index (κ3) is 2.85. The second kappa shape index (κ2) is 7.01. The van der Waals surface area contributed by atoms with Crippen molar-refractivity contribution in [1.82, 2.24) is 4.98 Å². The molecule has 1 saturated heterocycles. The highest BCUT2D eigenvalue weighted by Gasteiger charge is 2.67. The van der Waals surface area contributed by atoms with Gasteiger partial charge in [-0.1, -0.05) is 23.8 Å². The van der Waals surface area contributed by atoms with E-state index in [1.54, 1.807) is 30.3 Å². The average Bonchev–Trinajstić information content (AvgIpc) is 3.58. The van der Waals surface area contributed by atoms with E-state index >= 15 is 0 Å². The fraction of sp³-hybridized carbons (Fsp3) is 0.360. The van der Waals surface area contributed by atoms with Gasteiger partial charge in [0.2, 0.25) is 11.8 Å². The van der Waals surface area contributed by atoms with Gasteiger partial charge in [-0.05, 0) is 72.9 Å². The summed E-state index contributed by atoms with van der Waals surface area (Å²) in [6.07, 6.45) is 6.88. The summed E-state index contributed by atoms with van der Waals surface area (Å²) in [5.74, 6) is 1.24. The molecule has 0 spiro atoms. The summed E-state index contributed by atoms with van der Waals surface area (Å²) in [7, 11) is 0. The van der Waals surface area contributed by atoms with Crippen LogP contribution in [0, 0.1) is 42.4 Å².